The monoisotopic (exact) mass is 345 g/mol. The van der Waals surface area contributed by atoms with E-state index in [0.717, 1.165) is 17.8 Å². The van der Waals surface area contributed by atoms with Crippen molar-refractivity contribution >= 4 is 17.3 Å². The van der Waals surface area contributed by atoms with Crippen molar-refractivity contribution in [3.63, 3.8) is 0 Å². The maximum atomic E-state index is 12.5. The molecule has 2 N–H and O–H groups in total. The molecule has 1 aromatic heterocycles. The number of nitrogens with zero attached hydrogens (tertiary/aromatic N) is 1. The van der Waals surface area contributed by atoms with Crippen LogP contribution >= 0.6 is 0 Å². The number of nitrogens with one attached hydrogen (secondary N) is 2. The predicted octanol–water partition coefficient (Wildman–Crippen LogP) is 4.82. The minimum absolute atomic E-state index is 0.166. The molecule has 0 fully saturated rings. The average molecular weight is 345 g/mol. The summed E-state index contributed by atoms with van der Waals surface area (Å²) in [5, 5.41) is 6.22. The highest BCUT2D eigenvalue weighted by Crippen LogP contribution is 2.14. The predicted molar refractivity (Wildman–Crippen MR) is 107 cm³/mol. The summed E-state index contributed by atoms with van der Waals surface area (Å²) in [6.45, 7) is 4.86. The molecule has 0 saturated heterocycles. The third kappa shape index (κ3) is 4.70. The van der Waals surface area contributed by atoms with Gasteiger partial charge < -0.3 is 10.6 Å². The molecule has 4 nitrogen and oxygen atoms in total. The molecule has 3 rings (SSSR count). The van der Waals surface area contributed by atoms with Crippen LogP contribution in [-0.4, -0.2) is 10.9 Å². The molecule has 132 valence electrons. The Morgan fingerprint density at radius 3 is 2.31 bits per heavy atom. The van der Waals surface area contributed by atoms with Gasteiger partial charge >= 0.3 is 0 Å². The smallest absolute Gasteiger partial charge is 0.257 e. The second kappa shape index (κ2) is 8.30. The van der Waals surface area contributed by atoms with Gasteiger partial charge in [-0.15, -0.1) is 0 Å². The highest BCUT2D eigenvalue weighted by atomic mass is 16.1. The van der Waals surface area contributed by atoms with Crippen LogP contribution in [-0.2, 0) is 13.0 Å². The number of pyridine rings is 1. The lowest BCUT2D eigenvalue weighted by atomic mass is 10.1. The lowest BCUT2D eigenvalue weighted by Gasteiger charge is -2.09. The van der Waals surface area contributed by atoms with Crippen molar-refractivity contribution < 1.29 is 4.79 Å². The van der Waals surface area contributed by atoms with Gasteiger partial charge in [0.05, 0.1) is 11.3 Å². The molecule has 2 aromatic carbocycles. The summed E-state index contributed by atoms with van der Waals surface area (Å²) >= 11 is 0. The fourth-order valence-electron chi connectivity index (χ4n) is 2.60. The van der Waals surface area contributed by atoms with Crippen LogP contribution in [0.3, 0.4) is 0 Å². The van der Waals surface area contributed by atoms with Crippen molar-refractivity contribution in [1.82, 2.24) is 4.98 Å². The first-order chi connectivity index (χ1) is 12.6. The van der Waals surface area contributed by atoms with E-state index >= 15 is 0 Å². The number of anilines is 2. The van der Waals surface area contributed by atoms with Gasteiger partial charge in [0.15, 0.2) is 0 Å². The van der Waals surface area contributed by atoms with Gasteiger partial charge in [0.1, 0.15) is 0 Å². The van der Waals surface area contributed by atoms with Crippen molar-refractivity contribution in [1.29, 1.82) is 0 Å². The minimum atomic E-state index is -0.166. The first-order valence-corrected chi connectivity index (χ1v) is 8.79. The Morgan fingerprint density at radius 1 is 0.923 bits per heavy atom. The zero-order valence-corrected chi connectivity index (χ0v) is 15.1. The van der Waals surface area contributed by atoms with Crippen LogP contribution in [0.4, 0.5) is 11.4 Å². The van der Waals surface area contributed by atoms with Gasteiger partial charge in [-0.1, -0.05) is 48.9 Å². The molecule has 0 unspecified atom stereocenters. The van der Waals surface area contributed by atoms with Gasteiger partial charge in [0.25, 0.3) is 5.91 Å². The van der Waals surface area contributed by atoms with Crippen LogP contribution in [0.2, 0.25) is 0 Å². The summed E-state index contributed by atoms with van der Waals surface area (Å²) in [6, 6.07) is 18.1. The number of hydrogen-bond donors (Lipinski definition) is 2. The Bertz CT molecular complexity index is 871. The number of hydrogen-bond acceptors (Lipinski definition) is 3. The van der Waals surface area contributed by atoms with Crippen molar-refractivity contribution in [2.75, 3.05) is 10.6 Å². The molecule has 0 aliphatic heterocycles. The Hall–Kier alpha value is -3.14. The van der Waals surface area contributed by atoms with E-state index in [1.165, 1.54) is 16.7 Å². The largest absolute Gasteiger partial charge is 0.380 e. The standard InChI is InChI=1S/C22H23N3O/c1-3-17-8-10-20(11-9-17)25-22(26)19-12-21(15-23-14-19)24-13-18-6-4-16(2)5-7-18/h4-12,14-15,24H,3,13H2,1-2H3,(H,25,26). The minimum Gasteiger partial charge on any atom is -0.380 e. The molecular weight excluding hydrogens is 322 g/mol. The maximum absolute atomic E-state index is 12.5. The fraction of sp³-hybridized carbons (Fsp3) is 0.182. The molecule has 26 heavy (non-hydrogen) atoms. The molecular formula is C22H23N3O. The van der Waals surface area contributed by atoms with Gasteiger partial charge in [0.2, 0.25) is 0 Å². The Kier molecular flexibility index (Phi) is 5.64. The van der Waals surface area contributed by atoms with Gasteiger partial charge in [-0.2, -0.15) is 0 Å². The van der Waals surface area contributed by atoms with E-state index in [1.807, 2.05) is 30.3 Å². The summed E-state index contributed by atoms with van der Waals surface area (Å²) in [4.78, 5) is 16.6. The summed E-state index contributed by atoms with van der Waals surface area (Å²) in [7, 11) is 0. The van der Waals surface area contributed by atoms with E-state index in [-0.39, 0.29) is 5.91 Å². The lowest BCUT2D eigenvalue weighted by Crippen LogP contribution is -2.12. The fourth-order valence-corrected chi connectivity index (χ4v) is 2.60. The second-order valence-electron chi connectivity index (χ2n) is 6.31. The second-order valence-corrected chi connectivity index (χ2v) is 6.31. The zero-order valence-electron chi connectivity index (χ0n) is 15.1. The number of aryl methyl sites for hydroxylation is 2. The van der Waals surface area contributed by atoms with E-state index < -0.39 is 0 Å². The van der Waals surface area contributed by atoms with Gasteiger partial charge in [-0.3, -0.25) is 9.78 Å². The Morgan fingerprint density at radius 2 is 1.62 bits per heavy atom. The van der Waals surface area contributed by atoms with Crippen molar-refractivity contribution in [3.8, 4) is 0 Å². The summed E-state index contributed by atoms with van der Waals surface area (Å²) in [5.74, 6) is -0.166. The Labute approximate surface area is 154 Å². The molecule has 0 atom stereocenters. The molecule has 0 saturated carbocycles. The third-order valence-corrected chi connectivity index (χ3v) is 4.24. The summed E-state index contributed by atoms with van der Waals surface area (Å²) in [5.41, 5.74) is 5.79. The van der Waals surface area contributed by atoms with E-state index in [1.54, 1.807) is 12.4 Å². The maximum Gasteiger partial charge on any atom is 0.257 e. The van der Waals surface area contributed by atoms with E-state index in [0.29, 0.717) is 12.1 Å². The number of benzene rings is 2. The molecule has 0 aliphatic rings. The van der Waals surface area contributed by atoms with Crippen LogP contribution in [0.25, 0.3) is 0 Å². The summed E-state index contributed by atoms with van der Waals surface area (Å²) in [6.07, 6.45) is 4.28. The first-order valence-electron chi connectivity index (χ1n) is 8.79. The zero-order chi connectivity index (χ0) is 18.4. The quantitative estimate of drug-likeness (QED) is 0.673. The van der Waals surface area contributed by atoms with Crippen LogP contribution in [0.5, 0.6) is 0 Å². The van der Waals surface area contributed by atoms with E-state index in [9.17, 15) is 4.79 Å². The lowest BCUT2D eigenvalue weighted by molar-refractivity contribution is 0.102. The number of aromatic nitrogens is 1. The molecule has 0 aliphatic carbocycles. The van der Waals surface area contributed by atoms with Gasteiger partial charge in [-0.25, -0.2) is 0 Å². The molecule has 0 bridgehead atoms. The highest BCUT2D eigenvalue weighted by molar-refractivity contribution is 6.04. The van der Waals surface area contributed by atoms with Crippen LogP contribution in [0.15, 0.2) is 67.0 Å². The highest BCUT2D eigenvalue weighted by Gasteiger charge is 2.08. The normalized spacial score (nSPS) is 10.4. The van der Waals surface area contributed by atoms with Gasteiger partial charge in [-0.05, 0) is 42.7 Å². The summed E-state index contributed by atoms with van der Waals surface area (Å²) < 4.78 is 0. The van der Waals surface area contributed by atoms with Crippen LogP contribution in [0.1, 0.15) is 34.0 Å². The van der Waals surface area contributed by atoms with E-state index in [2.05, 4.69) is 53.7 Å². The first kappa shape index (κ1) is 17.7. The number of carbonyl (C=O) groups is 1. The van der Waals surface area contributed by atoms with Crippen LogP contribution < -0.4 is 10.6 Å². The Balaban J connectivity index is 1.63. The van der Waals surface area contributed by atoms with Gasteiger partial charge in [0, 0.05) is 24.6 Å². The van der Waals surface area contributed by atoms with E-state index in [4.69, 9.17) is 0 Å². The molecule has 3 aromatic rings. The molecule has 4 heteroatoms. The number of rotatable bonds is 6. The van der Waals surface area contributed by atoms with Crippen molar-refractivity contribution in [3.05, 3.63) is 89.2 Å². The topological polar surface area (TPSA) is 54.0 Å². The number of amides is 1. The van der Waals surface area contributed by atoms with Crippen LogP contribution in [0, 0.1) is 6.92 Å². The van der Waals surface area contributed by atoms with Crippen molar-refractivity contribution in [2.24, 2.45) is 0 Å². The molecule has 1 amide bonds. The third-order valence-electron chi connectivity index (χ3n) is 4.24. The molecule has 0 spiro atoms. The molecule has 1 heterocycles. The average Bonchev–Trinajstić information content (AvgIpc) is 2.68. The number of carbonyl (C=O) groups excluding carboxylic acids is 1. The molecule has 0 radical (unpaired) electrons. The van der Waals surface area contributed by atoms with Crippen molar-refractivity contribution in [2.45, 2.75) is 26.8 Å². The SMILES string of the molecule is CCc1ccc(NC(=O)c2cncc(NCc3ccc(C)cc3)c2)cc1.